The van der Waals surface area contributed by atoms with Crippen molar-refractivity contribution >= 4 is 22.9 Å². The van der Waals surface area contributed by atoms with Gasteiger partial charge < -0.3 is 20.3 Å². The van der Waals surface area contributed by atoms with Gasteiger partial charge in [0, 0.05) is 19.4 Å². The maximum Gasteiger partial charge on any atom is 0.274 e. The highest BCUT2D eigenvalue weighted by Crippen LogP contribution is 2.35. The number of hydrogen-bond acceptors (Lipinski definition) is 8. The molecule has 10 nitrogen and oxygen atoms in total. The summed E-state index contributed by atoms with van der Waals surface area (Å²) in [5.41, 5.74) is 7.16. The molecule has 3 aromatic rings. The summed E-state index contributed by atoms with van der Waals surface area (Å²) in [6.45, 7) is 0. The average Bonchev–Trinajstić information content (AvgIpc) is 3.25. The maximum atomic E-state index is 12.6. The molecule has 3 heterocycles. The second kappa shape index (κ2) is 6.30. The Morgan fingerprint density at radius 2 is 2.12 bits per heavy atom. The van der Waals surface area contributed by atoms with Gasteiger partial charge in [0.15, 0.2) is 11.5 Å². The number of fused-ring (bicyclic) bond motifs is 1. The number of aliphatic hydroxyl groups is 1. The van der Waals surface area contributed by atoms with Crippen molar-refractivity contribution in [1.29, 1.82) is 0 Å². The number of nitrogen functional groups attached to an aromatic ring is 1. The summed E-state index contributed by atoms with van der Waals surface area (Å²) in [5.74, 6) is 0.0255. The minimum Gasteiger partial charge on any atom is -0.389 e. The van der Waals surface area contributed by atoms with Crippen molar-refractivity contribution in [3.63, 3.8) is 0 Å². The predicted molar refractivity (Wildman–Crippen MR) is 91.9 cm³/mol. The van der Waals surface area contributed by atoms with E-state index >= 15 is 0 Å². The second-order valence-corrected chi connectivity index (χ2v) is 6.29. The first-order chi connectivity index (χ1) is 12.6. The molecule has 0 radical (unpaired) electrons. The number of carbonyl (C=O) groups excluding carboxylic acids is 1. The summed E-state index contributed by atoms with van der Waals surface area (Å²) in [7, 11) is 1.67. The summed E-state index contributed by atoms with van der Waals surface area (Å²) >= 11 is 0. The van der Waals surface area contributed by atoms with Crippen LogP contribution in [-0.4, -0.2) is 64.6 Å². The highest BCUT2D eigenvalue weighted by molar-refractivity contribution is 5.92. The van der Waals surface area contributed by atoms with Crippen LogP contribution in [0.4, 0.5) is 5.82 Å². The van der Waals surface area contributed by atoms with Gasteiger partial charge in [-0.3, -0.25) is 9.78 Å². The van der Waals surface area contributed by atoms with E-state index in [4.69, 9.17) is 5.73 Å². The van der Waals surface area contributed by atoms with E-state index in [1.54, 1.807) is 17.9 Å². The average molecular weight is 354 g/mol. The molecule has 134 valence electrons. The molecule has 1 aliphatic carbocycles. The summed E-state index contributed by atoms with van der Waals surface area (Å²) in [5, 5.41) is 10.9. The van der Waals surface area contributed by atoms with Gasteiger partial charge in [-0.1, -0.05) is 0 Å². The number of imidazole rings is 1. The number of amides is 1. The van der Waals surface area contributed by atoms with Crippen LogP contribution in [0, 0.1) is 0 Å². The standard InChI is InChI=1S/C16H18N8O2/c1-23(16(26)9-6-18-4-5-19-9)10-2-3-11(13(10)25)24-8-22-12-14(17)20-7-21-15(12)24/h4-8,10-11,13,25H,2-3H2,1H3,(H2,17,20,21)/t10-,11+,13+/m1/s1. The molecule has 0 bridgehead atoms. The van der Waals surface area contributed by atoms with Gasteiger partial charge in [-0.15, -0.1) is 0 Å². The van der Waals surface area contributed by atoms with Crippen molar-refractivity contribution in [3.05, 3.63) is 36.9 Å². The first kappa shape index (κ1) is 16.3. The third-order valence-electron chi connectivity index (χ3n) is 4.89. The van der Waals surface area contributed by atoms with Crippen molar-refractivity contribution in [2.24, 2.45) is 0 Å². The third-order valence-corrected chi connectivity index (χ3v) is 4.89. The zero-order valence-electron chi connectivity index (χ0n) is 14.1. The van der Waals surface area contributed by atoms with Crippen LogP contribution in [0.15, 0.2) is 31.2 Å². The highest BCUT2D eigenvalue weighted by Gasteiger charge is 2.40. The number of nitrogens with two attached hydrogens (primary N) is 1. The molecule has 0 saturated heterocycles. The molecule has 0 aliphatic heterocycles. The van der Waals surface area contributed by atoms with E-state index < -0.39 is 6.10 Å². The van der Waals surface area contributed by atoms with E-state index in [2.05, 4.69) is 24.9 Å². The second-order valence-electron chi connectivity index (χ2n) is 6.29. The number of nitrogens with zero attached hydrogens (tertiary/aromatic N) is 7. The Labute approximate surface area is 148 Å². The van der Waals surface area contributed by atoms with Gasteiger partial charge in [0.25, 0.3) is 5.91 Å². The topological polar surface area (TPSA) is 136 Å². The number of aliphatic hydroxyl groups excluding tert-OH is 1. The molecule has 1 fully saturated rings. The first-order valence-electron chi connectivity index (χ1n) is 8.22. The Morgan fingerprint density at radius 1 is 1.27 bits per heavy atom. The SMILES string of the molecule is CN(C(=O)c1cnccn1)[C@@H]1CC[C@H](n2cnc3c(N)ncnc32)[C@H]1O. The fraction of sp³-hybridized carbons (Fsp3) is 0.375. The molecule has 1 aliphatic rings. The van der Waals surface area contributed by atoms with E-state index in [0.29, 0.717) is 29.8 Å². The molecule has 0 aromatic carbocycles. The largest absolute Gasteiger partial charge is 0.389 e. The van der Waals surface area contributed by atoms with E-state index in [9.17, 15) is 9.90 Å². The predicted octanol–water partition coefficient (Wildman–Crippen LogP) is 0.0351. The molecule has 1 saturated carbocycles. The molecule has 0 spiro atoms. The van der Waals surface area contributed by atoms with Gasteiger partial charge in [-0.2, -0.15) is 0 Å². The molecular formula is C16H18N8O2. The van der Waals surface area contributed by atoms with Crippen molar-refractivity contribution in [3.8, 4) is 0 Å². The minimum absolute atomic E-state index is 0.249. The maximum absolute atomic E-state index is 12.6. The fourth-order valence-electron chi connectivity index (χ4n) is 3.52. The highest BCUT2D eigenvalue weighted by atomic mass is 16.3. The van der Waals surface area contributed by atoms with Crippen LogP contribution in [0.1, 0.15) is 29.4 Å². The van der Waals surface area contributed by atoms with E-state index in [1.807, 2.05) is 0 Å². The number of aromatic nitrogens is 6. The lowest BCUT2D eigenvalue weighted by molar-refractivity contribution is 0.0442. The van der Waals surface area contributed by atoms with Crippen LogP contribution in [0.2, 0.25) is 0 Å². The van der Waals surface area contributed by atoms with Gasteiger partial charge in [0.05, 0.1) is 30.7 Å². The number of anilines is 1. The van der Waals surface area contributed by atoms with Crippen LogP contribution in [-0.2, 0) is 0 Å². The Hall–Kier alpha value is -3.14. The number of rotatable bonds is 3. The van der Waals surface area contributed by atoms with E-state index in [0.717, 1.165) is 0 Å². The molecule has 10 heteroatoms. The van der Waals surface area contributed by atoms with Crippen LogP contribution in [0.5, 0.6) is 0 Å². The summed E-state index contributed by atoms with van der Waals surface area (Å²) in [4.78, 5) is 34.5. The van der Waals surface area contributed by atoms with Gasteiger partial charge in [0.1, 0.15) is 17.5 Å². The summed E-state index contributed by atoms with van der Waals surface area (Å²) in [6, 6.07) is -0.595. The molecule has 3 aromatic heterocycles. The zero-order valence-corrected chi connectivity index (χ0v) is 14.1. The molecule has 3 atom stereocenters. The Balaban J connectivity index is 1.59. The van der Waals surface area contributed by atoms with Gasteiger partial charge >= 0.3 is 0 Å². The minimum atomic E-state index is -0.769. The quantitative estimate of drug-likeness (QED) is 0.672. The number of carbonyl (C=O) groups is 1. The molecule has 1 amide bonds. The van der Waals surface area contributed by atoms with Crippen molar-refractivity contribution in [1.82, 2.24) is 34.4 Å². The summed E-state index contributed by atoms with van der Waals surface area (Å²) < 4.78 is 1.80. The van der Waals surface area contributed by atoms with E-state index in [1.165, 1.54) is 29.8 Å². The van der Waals surface area contributed by atoms with Crippen LogP contribution in [0.3, 0.4) is 0 Å². The van der Waals surface area contributed by atoms with Crippen LogP contribution in [0.25, 0.3) is 11.2 Å². The zero-order chi connectivity index (χ0) is 18.3. The van der Waals surface area contributed by atoms with Gasteiger partial charge in [-0.05, 0) is 12.8 Å². The molecule has 26 heavy (non-hydrogen) atoms. The Bertz CT molecular complexity index is 944. The summed E-state index contributed by atoms with van der Waals surface area (Å²) in [6.07, 6.45) is 7.93. The van der Waals surface area contributed by atoms with Crippen LogP contribution >= 0.6 is 0 Å². The lowest BCUT2D eigenvalue weighted by atomic mass is 10.1. The first-order valence-corrected chi connectivity index (χ1v) is 8.22. The molecule has 4 rings (SSSR count). The number of hydrogen-bond donors (Lipinski definition) is 2. The van der Waals surface area contributed by atoms with Crippen LogP contribution < -0.4 is 5.73 Å². The Morgan fingerprint density at radius 3 is 2.88 bits per heavy atom. The monoisotopic (exact) mass is 354 g/mol. The van der Waals surface area contributed by atoms with Crippen molar-refractivity contribution < 1.29 is 9.90 Å². The molecule has 0 unspecified atom stereocenters. The van der Waals surface area contributed by atoms with E-state index in [-0.39, 0.29) is 23.7 Å². The normalized spacial score (nSPS) is 22.6. The van der Waals surface area contributed by atoms with Crippen molar-refractivity contribution in [2.45, 2.75) is 31.0 Å². The van der Waals surface area contributed by atoms with Gasteiger partial charge in [-0.25, -0.2) is 19.9 Å². The fourth-order valence-corrected chi connectivity index (χ4v) is 3.52. The lowest BCUT2D eigenvalue weighted by Crippen LogP contribution is -2.43. The number of likely N-dealkylation sites (N-methyl/N-ethyl adjacent to an activating group) is 1. The molecule has 3 N–H and O–H groups in total. The third kappa shape index (κ3) is 2.54. The van der Waals surface area contributed by atoms with Crippen molar-refractivity contribution in [2.75, 3.05) is 12.8 Å². The Kier molecular flexibility index (Phi) is 3.96. The molecular weight excluding hydrogens is 336 g/mol. The lowest BCUT2D eigenvalue weighted by Gasteiger charge is -2.28. The smallest absolute Gasteiger partial charge is 0.274 e. The van der Waals surface area contributed by atoms with Gasteiger partial charge in [0.2, 0.25) is 0 Å².